The normalized spacial score (nSPS) is 30.3. The lowest BCUT2D eigenvalue weighted by Gasteiger charge is -2.37. The number of hydrogen-bond acceptors (Lipinski definition) is 3. The second-order valence-corrected chi connectivity index (χ2v) is 4.94. The minimum Gasteiger partial charge on any atom is -0.393 e. The molecule has 2 N–H and O–H groups in total. The molecule has 0 unspecified atom stereocenters. The molecule has 0 aromatic heterocycles. The van der Waals surface area contributed by atoms with Gasteiger partial charge in [-0.05, 0) is 12.8 Å². The highest BCUT2D eigenvalue weighted by atomic mass is 32.2. The maximum absolute atomic E-state index is 11.2. The van der Waals surface area contributed by atoms with E-state index in [2.05, 4.69) is 4.72 Å². The Morgan fingerprint density at radius 2 is 2.00 bits per heavy atom. The molecule has 1 aliphatic carbocycles. The Balaban J connectivity index is 2.54. The van der Waals surface area contributed by atoms with Gasteiger partial charge in [0.15, 0.2) is 0 Å². The Bertz CT molecular complexity index is 246. The Kier molecular flexibility index (Phi) is 2.72. The third-order valence-corrected chi connectivity index (χ3v) is 3.81. The Hall–Kier alpha value is -0.170. The van der Waals surface area contributed by atoms with E-state index in [0.29, 0.717) is 12.8 Å². The second kappa shape index (κ2) is 3.29. The van der Waals surface area contributed by atoms with Gasteiger partial charge in [0.25, 0.3) is 10.2 Å². The molecule has 0 amide bonds. The molecule has 0 bridgehead atoms. The quantitative estimate of drug-likeness (QED) is 0.599. The van der Waals surface area contributed by atoms with Crippen LogP contribution in [0.1, 0.15) is 12.8 Å². The van der Waals surface area contributed by atoms with E-state index in [1.54, 1.807) is 0 Å². The van der Waals surface area contributed by atoms with Crippen LogP contribution >= 0.6 is 0 Å². The molecule has 0 spiro atoms. The zero-order chi connectivity index (χ0) is 9.35. The average molecular weight is 194 g/mol. The van der Waals surface area contributed by atoms with E-state index in [0.717, 1.165) is 0 Å². The second-order valence-electron chi connectivity index (χ2n) is 3.00. The molecule has 0 aromatic rings. The predicted octanol–water partition coefficient (Wildman–Crippen LogP) is -1.09. The first-order chi connectivity index (χ1) is 5.47. The number of nitrogens with one attached hydrogen (secondary N) is 1. The van der Waals surface area contributed by atoms with Crippen LogP contribution in [-0.4, -0.2) is 44.1 Å². The molecule has 12 heavy (non-hydrogen) atoms. The smallest absolute Gasteiger partial charge is 0.279 e. The number of rotatable bonds is 3. The van der Waals surface area contributed by atoms with Gasteiger partial charge in [-0.2, -0.15) is 12.7 Å². The molecule has 1 saturated carbocycles. The van der Waals surface area contributed by atoms with Crippen molar-refractivity contribution < 1.29 is 13.5 Å². The molecule has 1 rings (SSSR count). The minimum absolute atomic E-state index is 0.0440. The van der Waals surface area contributed by atoms with Gasteiger partial charge in [-0.3, -0.25) is 0 Å². The van der Waals surface area contributed by atoms with Crippen LogP contribution in [0.15, 0.2) is 0 Å². The van der Waals surface area contributed by atoms with Crippen LogP contribution in [0.25, 0.3) is 0 Å². The van der Waals surface area contributed by atoms with Crippen LogP contribution in [0.3, 0.4) is 0 Å². The first kappa shape index (κ1) is 9.91. The summed E-state index contributed by atoms with van der Waals surface area (Å²) < 4.78 is 25.8. The topological polar surface area (TPSA) is 69.6 Å². The zero-order valence-corrected chi connectivity index (χ0v) is 8.00. The molecule has 0 atom stereocenters. The molecular weight excluding hydrogens is 180 g/mol. The summed E-state index contributed by atoms with van der Waals surface area (Å²) in [5.74, 6) is 0. The maximum atomic E-state index is 11.2. The number of hydrogen-bond donors (Lipinski definition) is 2. The van der Waals surface area contributed by atoms with Gasteiger partial charge in [-0.1, -0.05) is 0 Å². The summed E-state index contributed by atoms with van der Waals surface area (Å²) in [7, 11) is -0.417. The van der Waals surface area contributed by atoms with Gasteiger partial charge in [0.1, 0.15) is 0 Å². The summed E-state index contributed by atoms with van der Waals surface area (Å²) in [6, 6.07) is -0.0440. The molecule has 0 aromatic carbocycles. The fourth-order valence-corrected chi connectivity index (χ4v) is 2.05. The Morgan fingerprint density at radius 1 is 1.50 bits per heavy atom. The first-order valence-corrected chi connectivity index (χ1v) is 5.26. The Morgan fingerprint density at radius 3 is 2.33 bits per heavy atom. The fraction of sp³-hybridized carbons (Fsp3) is 1.00. The van der Waals surface area contributed by atoms with Crippen molar-refractivity contribution in [3.8, 4) is 0 Å². The lowest BCUT2D eigenvalue weighted by molar-refractivity contribution is 0.0393. The Labute approximate surface area is 72.6 Å². The van der Waals surface area contributed by atoms with Gasteiger partial charge < -0.3 is 5.11 Å². The van der Waals surface area contributed by atoms with Crippen molar-refractivity contribution in [1.29, 1.82) is 0 Å². The zero-order valence-electron chi connectivity index (χ0n) is 7.19. The van der Waals surface area contributed by atoms with E-state index in [1.165, 1.54) is 18.4 Å². The van der Waals surface area contributed by atoms with Crippen molar-refractivity contribution in [3.05, 3.63) is 0 Å². The molecule has 0 radical (unpaired) electrons. The lowest BCUT2D eigenvalue weighted by atomic mass is 9.90. The van der Waals surface area contributed by atoms with Gasteiger partial charge in [-0.25, -0.2) is 4.72 Å². The number of aliphatic hydroxyl groups excluding tert-OH is 1. The minimum atomic E-state index is -3.31. The highest BCUT2D eigenvalue weighted by Crippen LogP contribution is 2.25. The van der Waals surface area contributed by atoms with Crippen LogP contribution < -0.4 is 4.72 Å². The van der Waals surface area contributed by atoms with Crippen LogP contribution in [0.5, 0.6) is 0 Å². The SMILES string of the molecule is CNS(=O)(=O)N(C)C1CC(O)C1. The van der Waals surface area contributed by atoms with Gasteiger partial charge in [0, 0.05) is 20.1 Å². The molecular formula is C6H14N2O3S. The molecule has 72 valence electrons. The molecule has 0 heterocycles. The molecule has 5 nitrogen and oxygen atoms in total. The molecule has 0 saturated heterocycles. The first-order valence-electron chi connectivity index (χ1n) is 3.82. The predicted molar refractivity (Wildman–Crippen MR) is 44.8 cm³/mol. The largest absolute Gasteiger partial charge is 0.393 e. The monoisotopic (exact) mass is 194 g/mol. The van der Waals surface area contributed by atoms with E-state index < -0.39 is 10.2 Å². The standard InChI is InChI=1S/C6H14N2O3S/c1-7-12(10,11)8(2)5-3-6(9)4-5/h5-7,9H,3-4H2,1-2H3. The maximum Gasteiger partial charge on any atom is 0.279 e. The summed E-state index contributed by atoms with van der Waals surface area (Å²) >= 11 is 0. The molecule has 1 fully saturated rings. The number of nitrogens with zero attached hydrogens (tertiary/aromatic N) is 1. The van der Waals surface area contributed by atoms with Crippen molar-refractivity contribution in [2.24, 2.45) is 0 Å². The third kappa shape index (κ3) is 1.77. The summed E-state index contributed by atoms with van der Waals surface area (Å²) in [5, 5.41) is 8.96. The third-order valence-electron chi connectivity index (χ3n) is 2.24. The van der Waals surface area contributed by atoms with Gasteiger partial charge >= 0.3 is 0 Å². The van der Waals surface area contributed by atoms with E-state index in [1.807, 2.05) is 0 Å². The van der Waals surface area contributed by atoms with Gasteiger partial charge in [-0.15, -0.1) is 0 Å². The lowest BCUT2D eigenvalue weighted by Crippen LogP contribution is -2.50. The van der Waals surface area contributed by atoms with Crippen molar-refractivity contribution in [1.82, 2.24) is 9.03 Å². The number of aliphatic hydroxyl groups is 1. The van der Waals surface area contributed by atoms with E-state index in [-0.39, 0.29) is 12.1 Å². The molecule has 0 aliphatic heterocycles. The van der Waals surface area contributed by atoms with E-state index in [4.69, 9.17) is 5.11 Å². The van der Waals surface area contributed by atoms with Crippen molar-refractivity contribution in [2.75, 3.05) is 14.1 Å². The summed E-state index contributed by atoms with van der Waals surface area (Å²) in [6.45, 7) is 0. The summed E-state index contributed by atoms with van der Waals surface area (Å²) in [4.78, 5) is 0. The van der Waals surface area contributed by atoms with Crippen LogP contribution in [-0.2, 0) is 10.2 Å². The van der Waals surface area contributed by atoms with Crippen molar-refractivity contribution in [2.45, 2.75) is 25.0 Å². The molecule has 6 heteroatoms. The van der Waals surface area contributed by atoms with Crippen LogP contribution in [0, 0.1) is 0 Å². The summed E-state index contributed by atoms with van der Waals surface area (Å²) in [5.41, 5.74) is 0. The highest BCUT2D eigenvalue weighted by Gasteiger charge is 2.35. The van der Waals surface area contributed by atoms with E-state index >= 15 is 0 Å². The van der Waals surface area contributed by atoms with E-state index in [9.17, 15) is 8.42 Å². The van der Waals surface area contributed by atoms with Crippen LogP contribution in [0.4, 0.5) is 0 Å². The highest BCUT2D eigenvalue weighted by molar-refractivity contribution is 7.87. The summed E-state index contributed by atoms with van der Waals surface area (Å²) in [6.07, 6.45) is 0.749. The average Bonchev–Trinajstić information content (AvgIpc) is 1.97. The van der Waals surface area contributed by atoms with Gasteiger partial charge in [0.2, 0.25) is 0 Å². The van der Waals surface area contributed by atoms with Gasteiger partial charge in [0.05, 0.1) is 6.10 Å². The van der Waals surface area contributed by atoms with Crippen molar-refractivity contribution in [3.63, 3.8) is 0 Å². The van der Waals surface area contributed by atoms with Crippen LogP contribution in [0.2, 0.25) is 0 Å². The fourth-order valence-electron chi connectivity index (χ4n) is 1.20. The molecule has 1 aliphatic rings. The van der Waals surface area contributed by atoms with Crippen molar-refractivity contribution >= 4 is 10.2 Å².